The van der Waals surface area contributed by atoms with Crippen molar-refractivity contribution in [2.24, 2.45) is 0 Å². The van der Waals surface area contributed by atoms with Crippen molar-refractivity contribution in [3.63, 3.8) is 0 Å². The third-order valence-electron chi connectivity index (χ3n) is 3.15. The molecule has 1 aliphatic carbocycles. The van der Waals surface area contributed by atoms with E-state index in [1.54, 1.807) is 6.08 Å². The smallest absolute Gasteiger partial charge is 0.338 e. The molecule has 1 aliphatic rings. The monoisotopic (exact) mass is 277 g/mol. The van der Waals surface area contributed by atoms with E-state index in [-0.39, 0.29) is 17.9 Å². The van der Waals surface area contributed by atoms with Gasteiger partial charge < -0.3 is 9.47 Å². The van der Waals surface area contributed by atoms with Crippen molar-refractivity contribution in [3.8, 4) is 0 Å². The minimum Gasteiger partial charge on any atom is -0.456 e. The van der Waals surface area contributed by atoms with Crippen LogP contribution in [0, 0.1) is 10.1 Å². The molecule has 20 heavy (non-hydrogen) atoms. The summed E-state index contributed by atoms with van der Waals surface area (Å²) in [7, 11) is 0. The molecule has 0 spiro atoms. The minimum absolute atomic E-state index is 0.0580. The highest BCUT2D eigenvalue weighted by Crippen LogP contribution is 2.27. The highest BCUT2D eigenvalue weighted by Gasteiger charge is 2.35. The van der Waals surface area contributed by atoms with E-state index in [0.717, 1.165) is 12.8 Å². The molecular weight excluding hydrogens is 262 g/mol. The quantitative estimate of drug-likeness (QED) is 0.345. The molecule has 2 rings (SSSR count). The Kier molecular flexibility index (Phi) is 4.47. The molecule has 2 atom stereocenters. The van der Waals surface area contributed by atoms with Gasteiger partial charge in [0.15, 0.2) is 0 Å². The first-order chi connectivity index (χ1) is 9.61. The fourth-order valence-corrected chi connectivity index (χ4v) is 1.88. The maximum absolute atomic E-state index is 11.9. The molecule has 0 amide bonds. The lowest BCUT2D eigenvalue weighted by atomic mass is 9.91. The highest BCUT2D eigenvalue weighted by molar-refractivity contribution is 5.89. The predicted molar refractivity (Wildman–Crippen MR) is 71.5 cm³/mol. The van der Waals surface area contributed by atoms with Crippen LogP contribution >= 0.6 is 0 Å². The first-order valence-corrected chi connectivity index (χ1v) is 6.29. The lowest BCUT2D eigenvalue weighted by Gasteiger charge is -2.35. The normalized spacial score (nSPS) is 20.8. The van der Waals surface area contributed by atoms with Crippen LogP contribution in [0.1, 0.15) is 23.2 Å². The van der Waals surface area contributed by atoms with Crippen LogP contribution in [0.15, 0.2) is 36.9 Å². The van der Waals surface area contributed by atoms with Gasteiger partial charge in [-0.25, -0.2) is 4.79 Å². The number of carbonyl (C=O) groups is 1. The van der Waals surface area contributed by atoms with Crippen LogP contribution in [0.5, 0.6) is 0 Å². The Morgan fingerprint density at radius 1 is 1.35 bits per heavy atom. The van der Waals surface area contributed by atoms with Gasteiger partial charge in [0.25, 0.3) is 5.69 Å². The van der Waals surface area contributed by atoms with Crippen LogP contribution in [0.4, 0.5) is 5.69 Å². The second kappa shape index (κ2) is 6.29. The molecular formula is C14H15NO5. The first-order valence-electron chi connectivity index (χ1n) is 6.29. The maximum Gasteiger partial charge on any atom is 0.338 e. The maximum atomic E-state index is 11.9. The van der Waals surface area contributed by atoms with Gasteiger partial charge in [-0.05, 0) is 25.0 Å². The summed E-state index contributed by atoms with van der Waals surface area (Å²) in [5, 5.41) is 10.5. The van der Waals surface area contributed by atoms with E-state index in [1.807, 2.05) is 0 Å². The van der Waals surface area contributed by atoms with E-state index in [9.17, 15) is 14.9 Å². The number of rotatable bonds is 6. The van der Waals surface area contributed by atoms with E-state index in [1.165, 1.54) is 24.3 Å². The molecule has 0 radical (unpaired) electrons. The van der Waals surface area contributed by atoms with Gasteiger partial charge in [0, 0.05) is 12.1 Å². The van der Waals surface area contributed by atoms with Crippen LogP contribution in [0.2, 0.25) is 0 Å². The average Bonchev–Trinajstić information content (AvgIpc) is 2.44. The lowest BCUT2D eigenvalue weighted by Crippen LogP contribution is -2.42. The first kappa shape index (κ1) is 14.2. The van der Waals surface area contributed by atoms with Gasteiger partial charge in [-0.1, -0.05) is 6.08 Å². The number of carbonyl (C=O) groups excluding carboxylic acids is 1. The number of nitro groups is 1. The summed E-state index contributed by atoms with van der Waals surface area (Å²) in [4.78, 5) is 21.9. The molecule has 6 heteroatoms. The van der Waals surface area contributed by atoms with Crippen LogP contribution in [0.25, 0.3) is 0 Å². The second-order valence-corrected chi connectivity index (χ2v) is 4.49. The highest BCUT2D eigenvalue weighted by atomic mass is 16.6. The van der Waals surface area contributed by atoms with Crippen LogP contribution in [-0.2, 0) is 9.47 Å². The molecule has 0 bridgehead atoms. The molecule has 0 heterocycles. The number of ether oxygens (including phenoxy) is 2. The molecule has 0 aromatic heterocycles. The second-order valence-electron chi connectivity index (χ2n) is 4.49. The third kappa shape index (κ3) is 3.21. The number of hydrogen-bond acceptors (Lipinski definition) is 5. The zero-order chi connectivity index (χ0) is 14.5. The van der Waals surface area contributed by atoms with Gasteiger partial charge in [-0.15, -0.1) is 6.58 Å². The van der Waals surface area contributed by atoms with E-state index in [2.05, 4.69) is 6.58 Å². The Morgan fingerprint density at radius 3 is 2.50 bits per heavy atom. The van der Waals surface area contributed by atoms with Crippen molar-refractivity contribution in [1.82, 2.24) is 0 Å². The van der Waals surface area contributed by atoms with E-state index < -0.39 is 10.9 Å². The van der Waals surface area contributed by atoms with E-state index in [0.29, 0.717) is 12.2 Å². The Hall–Kier alpha value is -2.21. The van der Waals surface area contributed by atoms with Gasteiger partial charge in [-0.2, -0.15) is 0 Å². The summed E-state index contributed by atoms with van der Waals surface area (Å²) in [5.74, 6) is -0.489. The molecule has 106 valence electrons. The van der Waals surface area contributed by atoms with Crippen molar-refractivity contribution in [1.29, 1.82) is 0 Å². The Morgan fingerprint density at radius 2 is 2.00 bits per heavy atom. The molecule has 0 saturated heterocycles. The van der Waals surface area contributed by atoms with Gasteiger partial charge in [0.05, 0.1) is 23.2 Å². The largest absolute Gasteiger partial charge is 0.456 e. The van der Waals surface area contributed by atoms with E-state index in [4.69, 9.17) is 9.47 Å². The third-order valence-corrected chi connectivity index (χ3v) is 3.15. The van der Waals surface area contributed by atoms with Gasteiger partial charge in [0.2, 0.25) is 0 Å². The van der Waals surface area contributed by atoms with Crippen molar-refractivity contribution < 1.29 is 19.2 Å². The summed E-state index contributed by atoms with van der Waals surface area (Å²) >= 11 is 0. The summed E-state index contributed by atoms with van der Waals surface area (Å²) in [6.07, 6.45) is 2.92. The number of non-ortho nitro benzene ring substituents is 1. The van der Waals surface area contributed by atoms with Crippen LogP contribution < -0.4 is 0 Å². The lowest BCUT2D eigenvalue weighted by molar-refractivity contribution is -0.384. The fourth-order valence-electron chi connectivity index (χ4n) is 1.88. The van der Waals surface area contributed by atoms with Gasteiger partial charge >= 0.3 is 5.97 Å². The molecule has 1 saturated carbocycles. The molecule has 1 aromatic rings. The summed E-state index contributed by atoms with van der Waals surface area (Å²) in [5.41, 5.74) is 0.238. The SMILES string of the molecule is C=CCO[C@@H]1CC[C@H]1OC(=O)c1ccc([N+](=O)[O-])cc1. The average molecular weight is 277 g/mol. The molecule has 1 fully saturated rings. The Balaban J connectivity index is 1.91. The zero-order valence-corrected chi connectivity index (χ0v) is 10.9. The molecule has 1 aromatic carbocycles. The molecule has 6 nitrogen and oxygen atoms in total. The van der Waals surface area contributed by atoms with Gasteiger partial charge in [0.1, 0.15) is 6.10 Å². The molecule has 0 unspecified atom stereocenters. The number of hydrogen-bond donors (Lipinski definition) is 0. The number of benzene rings is 1. The number of esters is 1. The predicted octanol–water partition coefficient (Wildman–Crippen LogP) is 2.49. The standard InChI is InChI=1S/C14H15NO5/c1-2-9-19-12-7-8-13(12)20-14(16)10-3-5-11(6-4-10)15(17)18/h2-6,12-13H,1,7-9H2/t12-,13-/m1/s1. The summed E-state index contributed by atoms with van der Waals surface area (Å²) in [6.45, 7) is 3.99. The van der Waals surface area contributed by atoms with Crippen LogP contribution in [0.3, 0.4) is 0 Å². The fraction of sp³-hybridized carbons (Fsp3) is 0.357. The molecule has 0 aliphatic heterocycles. The van der Waals surface area contributed by atoms with Crippen molar-refractivity contribution in [2.45, 2.75) is 25.0 Å². The zero-order valence-electron chi connectivity index (χ0n) is 10.9. The molecule has 0 N–H and O–H groups in total. The number of nitro benzene ring substituents is 1. The summed E-state index contributed by atoms with van der Waals surface area (Å²) < 4.78 is 10.8. The van der Waals surface area contributed by atoms with Crippen molar-refractivity contribution >= 4 is 11.7 Å². The van der Waals surface area contributed by atoms with Crippen molar-refractivity contribution in [3.05, 3.63) is 52.6 Å². The Labute approximate surface area is 116 Å². The number of nitrogens with zero attached hydrogens (tertiary/aromatic N) is 1. The Bertz CT molecular complexity index is 511. The summed E-state index contributed by atoms with van der Waals surface area (Å²) in [6, 6.07) is 5.34. The van der Waals surface area contributed by atoms with Gasteiger partial charge in [-0.3, -0.25) is 10.1 Å². The minimum atomic E-state index is -0.514. The topological polar surface area (TPSA) is 78.7 Å². The van der Waals surface area contributed by atoms with Crippen molar-refractivity contribution in [2.75, 3.05) is 6.61 Å². The van der Waals surface area contributed by atoms with E-state index >= 15 is 0 Å². The van der Waals surface area contributed by atoms with Crippen LogP contribution in [-0.4, -0.2) is 29.7 Å².